The van der Waals surface area contributed by atoms with Crippen LogP contribution in [-0.4, -0.2) is 49.0 Å². The van der Waals surface area contributed by atoms with E-state index in [2.05, 4.69) is 12.1 Å². The molecule has 0 aromatic heterocycles. The van der Waals surface area contributed by atoms with E-state index in [0.29, 0.717) is 25.4 Å². The maximum Gasteiger partial charge on any atom is 0.247 e. The number of nitrogens with zero attached hydrogens (tertiary/aromatic N) is 1. The van der Waals surface area contributed by atoms with E-state index in [9.17, 15) is 14.0 Å². The molecular weight excluding hydrogens is 433 g/mol. The fourth-order valence-electron chi connectivity index (χ4n) is 4.53. The van der Waals surface area contributed by atoms with Gasteiger partial charge in [0.15, 0.2) is 5.78 Å². The van der Waals surface area contributed by atoms with Crippen LogP contribution in [0.2, 0.25) is 0 Å². The third-order valence-corrected chi connectivity index (χ3v) is 6.19. The second-order valence-corrected chi connectivity index (χ2v) is 8.43. The third kappa shape index (κ3) is 4.24. The number of hydrogen-bond acceptors (Lipinski definition) is 4. The van der Waals surface area contributed by atoms with Gasteiger partial charge in [0.05, 0.1) is 18.7 Å². The zero-order valence-electron chi connectivity index (χ0n) is 18.8. The van der Waals surface area contributed by atoms with E-state index in [1.807, 2.05) is 36.4 Å². The molecule has 1 fully saturated rings. The molecule has 1 aliphatic heterocycles. The maximum absolute atomic E-state index is 13.5. The molecule has 0 radical (unpaired) electrons. The number of fused-ring (bicyclic) bond motifs is 3. The molecule has 0 N–H and O–H groups in total. The van der Waals surface area contributed by atoms with Gasteiger partial charge in [-0.05, 0) is 52.9 Å². The second kappa shape index (κ2) is 9.23. The van der Waals surface area contributed by atoms with Gasteiger partial charge in [0, 0.05) is 12.6 Å². The zero-order valence-corrected chi connectivity index (χ0v) is 18.8. The Balaban J connectivity index is 1.31. The first-order valence-electron chi connectivity index (χ1n) is 11.3. The number of ether oxygens (including phenoxy) is 2. The Morgan fingerprint density at radius 1 is 1.03 bits per heavy atom. The van der Waals surface area contributed by atoms with Gasteiger partial charge in [-0.25, -0.2) is 4.39 Å². The van der Waals surface area contributed by atoms with Crippen molar-refractivity contribution < 1.29 is 23.5 Å². The van der Waals surface area contributed by atoms with Gasteiger partial charge in [-0.3, -0.25) is 9.59 Å². The standard InChI is InChI=1S/C28H24FNO4/c1-18(31)25-14-19(29)10-11-27(25)34-17-20-16-30(12-13-33-20)28(32)15-26-23-8-4-2-6-21(23)22-7-3-5-9-24(22)26/h2-11,14-15,20H,12-13,16-17H2,1H3. The molecule has 0 bridgehead atoms. The van der Waals surface area contributed by atoms with Crippen LogP contribution in [0.15, 0.2) is 72.8 Å². The summed E-state index contributed by atoms with van der Waals surface area (Å²) in [6.45, 7) is 2.75. The topological polar surface area (TPSA) is 55.8 Å². The van der Waals surface area contributed by atoms with Gasteiger partial charge in [0.1, 0.15) is 24.3 Å². The van der Waals surface area contributed by atoms with E-state index in [4.69, 9.17) is 9.47 Å². The molecule has 1 heterocycles. The molecule has 0 spiro atoms. The predicted octanol–water partition coefficient (Wildman–Crippen LogP) is 4.75. The molecule has 5 nitrogen and oxygen atoms in total. The number of hydrogen-bond donors (Lipinski definition) is 0. The highest BCUT2D eigenvalue weighted by Crippen LogP contribution is 2.43. The molecule has 1 atom stereocenters. The van der Waals surface area contributed by atoms with Crippen molar-refractivity contribution in [3.8, 4) is 16.9 Å². The first-order chi connectivity index (χ1) is 16.5. The summed E-state index contributed by atoms with van der Waals surface area (Å²) in [6.07, 6.45) is 1.35. The van der Waals surface area contributed by atoms with Crippen molar-refractivity contribution in [3.05, 3.63) is 95.3 Å². The van der Waals surface area contributed by atoms with E-state index in [0.717, 1.165) is 27.8 Å². The van der Waals surface area contributed by atoms with Crippen LogP contribution in [0.4, 0.5) is 4.39 Å². The molecule has 1 saturated heterocycles. The first-order valence-corrected chi connectivity index (χ1v) is 11.3. The highest BCUT2D eigenvalue weighted by atomic mass is 19.1. The van der Waals surface area contributed by atoms with E-state index in [1.165, 1.54) is 25.1 Å². The van der Waals surface area contributed by atoms with Crippen molar-refractivity contribution in [3.63, 3.8) is 0 Å². The Labute approximate surface area is 197 Å². The Hall–Kier alpha value is -3.77. The largest absolute Gasteiger partial charge is 0.490 e. The maximum atomic E-state index is 13.5. The molecule has 34 heavy (non-hydrogen) atoms. The number of carbonyl (C=O) groups excluding carboxylic acids is 2. The van der Waals surface area contributed by atoms with E-state index in [1.54, 1.807) is 11.0 Å². The number of carbonyl (C=O) groups is 2. The quantitative estimate of drug-likeness (QED) is 0.321. The number of benzene rings is 3. The number of halogens is 1. The lowest BCUT2D eigenvalue weighted by atomic mass is 10.0. The lowest BCUT2D eigenvalue weighted by Crippen LogP contribution is -2.47. The number of Topliss-reactive ketones (excluding diaryl/α,β-unsaturated/α-hetero) is 1. The summed E-state index contributed by atoms with van der Waals surface area (Å²) >= 11 is 0. The molecule has 0 saturated carbocycles. The third-order valence-electron chi connectivity index (χ3n) is 6.19. The van der Waals surface area contributed by atoms with Crippen LogP contribution in [0.1, 0.15) is 28.4 Å². The normalized spacial score (nSPS) is 16.6. The molecule has 1 amide bonds. The first kappa shape index (κ1) is 22.0. The SMILES string of the molecule is CC(=O)c1cc(F)ccc1OCC1CN(C(=O)C=C2c3ccccc3-c3ccccc32)CCO1. The van der Waals surface area contributed by atoms with Gasteiger partial charge in [0.25, 0.3) is 0 Å². The fourth-order valence-corrected chi connectivity index (χ4v) is 4.53. The Kier molecular flexibility index (Phi) is 5.99. The molecular formula is C28H24FNO4. The van der Waals surface area contributed by atoms with Gasteiger partial charge in [-0.2, -0.15) is 0 Å². The van der Waals surface area contributed by atoms with Crippen molar-refractivity contribution in [2.45, 2.75) is 13.0 Å². The van der Waals surface area contributed by atoms with Crippen LogP contribution in [0.5, 0.6) is 5.75 Å². The Morgan fingerprint density at radius 3 is 2.32 bits per heavy atom. The molecule has 1 aliphatic carbocycles. The predicted molar refractivity (Wildman–Crippen MR) is 127 cm³/mol. The van der Waals surface area contributed by atoms with Gasteiger partial charge < -0.3 is 14.4 Å². The van der Waals surface area contributed by atoms with Crippen LogP contribution in [0.3, 0.4) is 0 Å². The van der Waals surface area contributed by atoms with Crippen LogP contribution in [-0.2, 0) is 9.53 Å². The van der Waals surface area contributed by atoms with Crippen LogP contribution in [0, 0.1) is 5.82 Å². The minimum Gasteiger partial charge on any atom is -0.490 e. The van der Waals surface area contributed by atoms with E-state index in [-0.39, 0.29) is 30.0 Å². The van der Waals surface area contributed by atoms with Crippen molar-refractivity contribution in [1.82, 2.24) is 4.90 Å². The molecule has 1 unspecified atom stereocenters. The number of morpholine rings is 1. The average Bonchev–Trinajstić information content (AvgIpc) is 3.17. The van der Waals surface area contributed by atoms with Crippen molar-refractivity contribution in [2.75, 3.05) is 26.3 Å². The number of rotatable bonds is 5. The molecule has 6 heteroatoms. The zero-order chi connectivity index (χ0) is 23.7. The summed E-state index contributed by atoms with van der Waals surface area (Å²) in [5.41, 5.74) is 5.48. The van der Waals surface area contributed by atoms with Crippen LogP contribution in [0.25, 0.3) is 16.7 Å². The lowest BCUT2D eigenvalue weighted by Gasteiger charge is -2.32. The van der Waals surface area contributed by atoms with Crippen LogP contribution >= 0.6 is 0 Å². The molecule has 5 rings (SSSR count). The average molecular weight is 458 g/mol. The van der Waals surface area contributed by atoms with Crippen molar-refractivity contribution in [2.24, 2.45) is 0 Å². The lowest BCUT2D eigenvalue weighted by molar-refractivity contribution is -0.134. The van der Waals surface area contributed by atoms with Gasteiger partial charge >= 0.3 is 0 Å². The smallest absolute Gasteiger partial charge is 0.247 e. The molecule has 3 aromatic carbocycles. The highest BCUT2D eigenvalue weighted by molar-refractivity contribution is 6.08. The second-order valence-electron chi connectivity index (χ2n) is 8.43. The summed E-state index contributed by atoms with van der Waals surface area (Å²) in [7, 11) is 0. The van der Waals surface area contributed by atoms with Crippen LogP contribution < -0.4 is 4.74 Å². The number of amides is 1. The molecule has 172 valence electrons. The highest BCUT2D eigenvalue weighted by Gasteiger charge is 2.27. The van der Waals surface area contributed by atoms with E-state index < -0.39 is 5.82 Å². The summed E-state index contributed by atoms with van der Waals surface area (Å²) in [6, 6.07) is 20.1. The van der Waals surface area contributed by atoms with Crippen molar-refractivity contribution in [1.29, 1.82) is 0 Å². The molecule has 3 aromatic rings. The van der Waals surface area contributed by atoms with Crippen molar-refractivity contribution >= 4 is 17.3 Å². The summed E-state index contributed by atoms with van der Waals surface area (Å²) in [5, 5.41) is 0. The summed E-state index contributed by atoms with van der Waals surface area (Å²) in [4.78, 5) is 26.8. The Morgan fingerprint density at radius 2 is 1.68 bits per heavy atom. The fraction of sp³-hybridized carbons (Fsp3) is 0.214. The molecule has 2 aliphatic rings. The monoisotopic (exact) mass is 457 g/mol. The minimum absolute atomic E-state index is 0.0824. The van der Waals surface area contributed by atoms with Gasteiger partial charge in [-0.1, -0.05) is 48.5 Å². The summed E-state index contributed by atoms with van der Waals surface area (Å²) in [5.74, 6) is -0.547. The Bertz CT molecular complexity index is 1250. The summed E-state index contributed by atoms with van der Waals surface area (Å²) < 4.78 is 25.1. The van der Waals surface area contributed by atoms with E-state index >= 15 is 0 Å². The minimum atomic E-state index is -0.494. The van der Waals surface area contributed by atoms with Gasteiger partial charge in [-0.15, -0.1) is 0 Å². The van der Waals surface area contributed by atoms with Gasteiger partial charge in [0.2, 0.25) is 5.91 Å². The number of ketones is 1.